The van der Waals surface area contributed by atoms with Crippen LogP contribution in [-0.2, 0) is 5.41 Å². The summed E-state index contributed by atoms with van der Waals surface area (Å²) in [7, 11) is 0. The van der Waals surface area contributed by atoms with E-state index in [1.165, 1.54) is 18.4 Å². The largest absolute Gasteiger partial charge is 0.465 e. The zero-order chi connectivity index (χ0) is 13.3. The van der Waals surface area contributed by atoms with E-state index in [-0.39, 0.29) is 5.82 Å². The van der Waals surface area contributed by atoms with Crippen molar-refractivity contribution < 1.29 is 13.9 Å². The van der Waals surface area contributed by atoms with Gasteiger partial charge in [0.15, 0.2) is 0 Å². The van der Waals surface area contributed by atoms with Gasteiger partial charge in [-0.05, 0) is 39.7 Å². The Kier molecular flexibility index (Phi) is 3.59. The van der Waals surface area contributed by atoms with E-state index in [9.17, 15) is 9.50 Å². The second kappa shape index (κ2) is 4.86. The minimum Gasteiger partial charge on any atom is -0.465 e. The monoisotopic (exact) mass is 312 g/mol. The van der Waals surface area contributed by atoms with Crippen molar-refractivity contribution in [1.29, 1.82) is 0 Å². The van der Waals surface area contributed by atoms with Crippen molar-refractivity contribution in [2.75, 3.05) is 0 Å². The van der Waals surface area contributed by atoms with Crippen LogP contribution in [0, 0.1) is 5.82 Å². The summed E-state index contributed by atoms with van der Waals surface area (Å²) >= 11 is 3.33. The highest BCUT2D eigenvalue weighted by Gasteiger charge is 2.34. The number of benzene rings is 1. The molecule has 0 aliphatic rings. The number of aliphatic hydroxyl groups is 1. The molecule has 0 spiro atoms. The molecule has 1 N–H and O–H groups in total. The van der Waals surface area contributed by atoms with Crippen LogP contribution in [0.1, 0.15) is 31.3 Å². The lowest BCUT2D eigenvalue weighted by molar-refractivity contribution is 0.0774. The number of halogens is 2. The van der Waals surface area contributed by atoms with Gasteiger partial charge in [-0.1, -0.05) is 26.0 Å². The fraction of sp³-hybridized carbons (Fsp3) is 0.286. The van der Waals surface area contributed by atoms with E-state index in [1.54, 1.807) is 18.2 Å². The van der Waals surface area contributed by atoms with Gasteiger partial charge in [0.05, 0.1) is 10.7 Å². The van der Waals surface area contributed by atoms with Crippen molar-refractivity contribution in [1.82, 2.24) is 0 Å². The molecule has 4 heteroatoms. The lowest BCUT2D eigenvalue weighted by Gasteiger charge is -2.30. The Balaban J connectivity index is 2.36. The van der Waals surface area contributed by atoms with E-state index in [1.807, 2.05) is 13.8 Å². The van der Waals surface area contributed by atoms with Gasteiger partial charge in [0.2, 0.25) is 0 Å². The van der Waals surface area contributed by atoms with E-state index in [0.717, 1.165) is 10.0 Å². The minimum absolute atomic E-state index is 0.289. The van der Waals surface area contributed by atoms with Crippen LogP contribution in [0.15, 0.2) is 45.5 Å². The van der Waals surface area contributed by atoms with E-state index >= 15 is 0 Å². The van der Waals surface area contributed by atoms with Gasteiger partial charge in [-0.15, -0.1) is 0 Å². The van der Waals surface area contributed by atoms with E-state index < -0.39 is 11.5 Å². The van der Waals surface area contributed by atoms with Crippen molar-refractivity contribution in [2.24, 2.45) is 0 Å². The van der Waals surface area contributed by atoms with Crippen molar-refractivity contribution in [3.63, 3.8) is 0 Å². The zero-order valence-corrected chi connectivity index (χ0v) is 11.7. The average Bonchev–Trinajstić information content (AvgIpc) is 2.75. The summed E-state index contributed by atoms with van der Waals surface area (Å²) in [6.45, 7) is 3.78. The molecular formula is C14H14BrFO2. The Morgan fingerprint density at radius 1 is 1.22 bits per heavy atom. The van der Waals surface area contributed by atoms with E-state index in [2.05, 4.69) is 15.9 Å². The van der Waals surface area contributed by atoms with Crippen molar-refractivity contribution in [3.05, 3.63) is 58.2 Å². The summed E-state index contributed by atoms with van der Waals surface area (Å²) in [4.78, 5) is 0. The molecule has 0 fully saturated rings. The molecule has 0 saturated heterocycles. The van der Waals surface area contributed by atoms with Crippen LogP contribution in [0.2, 0.25) is 0 Å². The van der Waals surface area contributed by atoms with Crippen LogP contribution < -0.4 is 0 Å². The van der Waals surface area contributed by atoms with Crippen LogP contribution in [0.5, 0.6) is 0 Å². The summed E-state index contributed by atoms with van der Waals surface area (Å²) in [5.74, 6) is 0.188. The number of furan rings is 1. The van der Waals surface area contributed by atoms with Gasteiger partial charge in [0.1, 0.15) is 17.7 Å². The van der Waals surface area contributed by atoms with Gasteiger partial charge in [0.25, 0.3) is 0 Å². The maximum atomic E-state index is 12.9. The predicted molar refractivity (Wildman–Crippen MR) is 70.8 cm³/mol. The average molecular weight is 313 g/mol. The minimum atomic E-state index is -0.813. The molecule has 1 aromatic heterocycles. The highest BCUT2D eigenvalue weighted by Crippen LogP contribution is 2.39. The lowest BCUT2D eigenvalue weighted by atomic mass is 9.78. The summed E-state index contributed by atoms with van der Waals surface area (Å²) < 4.78 is 18.9. The summed E-state index contributed by atoms with van der Waals surface area (Å²) in [6, 6.07) is 7.87. The second-order valence-corrected chi connectivity index (χ2v) is 5.62. The third kappa shape index (κ3) is 2.35. The molecule has 0 saturated carbocycles. The van der Waals surface area contributed by atoms with Crippen molar-refractivity contribution in [2.45, 2.75) is 25.4 Å². The van der Waals surface area contributed by atoms with Gasteiger partial charge in [-0.25, -0.2) is 4.39 Å². The molecule has 18 heavy (non-hydrogen) atoms. The molecule has 0 amide bonds. The number of hydrogen-bond donors (Lipinski definition) is 1. The standard InChI is InChI=1S/C14H14BrFO2/c1-14(2,9-3-5-10(16)6-4-9)13(17)12-11(15)7-8-18-12/h3-8,13,17H,1-2H3. The van der Waals surface area contributed by atoms with Gasteiger partial charge >= 0.3 is 0 Å². The van der Waals surface area contributed by atoms with Crippen LogP contribution >= 0.6 is 15.9 Å². The first-order valence-electron chi connectivity index (χ1n) is 5.60. The Hall–Kier alpha value is -1.13. The first kappa shape index (κ1) is 13.3. The highest BCUT2D eigenvalue weighted by molar-refractivity contribution is 9.10. The number of rotatable bonds is 3. The van der Waals surface area contributed by atoms with Gasteiger partial charge in [0, 0.05) is 5.41 Å². The summed E-state index contributed by atoms with van der Waals surface area (Å²) in [6.07, 6.45) is 0.705. The third-order valence-electron chi connectivity index (χ3n) is 3.16. The SMILES string of the molecule is CC(C)(c1ccc(F)cc1)C(O)c1occc1Br. The Morgan fingerprint density at radius 3 is 2.33 bits per heavy atom. The molecule has 1 heterocycles. The summed E-state index contributed by atoms with van der Waals surface area (Å²) in [5, 5.41) is 10.4. The van der Waals surface area contributed by atoms with Gasteiger partial charge < -0.3 is 9.52 Å². The Labute approximate surface area is 114 Å². The highest BCUT2D eigenvalue weighted by atomic mass is 79.9. The van der Waals surface area contributed by atoms with Crippen LogP contribution in [-0.4, -0.2) is 5.11 Å². The molecule has 0 bridgehead atoms. The molecule has 1 aromatic carbocycles. The number of aliphatic hydroxyl groups excluding tert-OH is 1. The predicted octanol–water partition coefficient (Wildman–Crippen LogP) is 4.19. The molecule has 1 unspecified atom stereocenters. The maximum Gasteiger partial charge on any atom is 0.147 e. The molecule has 0 aliphatic carbocycles. The van der Waals surface area contributed by atoms with Crippen molar-refractivity contribution >= 4 is 15.9 Å². The Morgan fingerprint density at radius 2 is 1.83 bits per heavy atom. The van der Waals surface area contributed by atoms with Gasteiger partial charge in [-0.2, -0.15) is 0 Å². The van der Waals surface area contributed by atoms with E-state index in [4.69, 9.17) is 4.42 Å². The van der Waals surface area contributed by atoms with Crippen LogP contribution in [0.25, 0.3) is 0 Å². The number of hydrogen-bond acceptors (Lipinski definition) is 2. The molecular weight excluding hydrogens is 299 g/mol. The fourth-order valence-electron chi connectivity index (χ4n) is 1.87. The molecule has 2 nitrogen and oxygen atoms in total. The third-order valence-corrected chi connectivity index (χ3v) is 3.82. The fourth-order valence-corrected chi connectivity index (χ4v) is 2.28. The molecule has 0 aliphatic heterocycles. The Bertz CT molecular complexity index is 531. The smallest absolute Gasteiger partial charge is 0.147 e. The molecule has 2 rings (SSSR count). The molecule has 0 radical (unpaired) electrons. The molecule has 1 atom stereocenters. The van der Waals surface area contributed by atoms with E-state index in [0.29, 0.717) is 5.76 Å². The van der Waals surface area contributed by atoms with Gasteiger partial charge in [-0.3, -0.25) is 0 Å². The lowest BCUT2D eigenvalue weighted by Crippen LogP contribution is -2.26. The normalized spacial score (nSPS) is 13.6. The molecule has 96 valence electrons. The maximum absolute atomic E-state index is 12.9. The first-order valence-corrected chi connectivity index (χ1v) is 6.39. The second-order valence-electron chi connectivity index (χ2n) is 4.76. The topological polar surface area (TPSA) is 33.4 Å². The van der Waals surface area contributed by atoms with Crippen LogP contribution in [0.3, 0.4) is 0 Å². The summed E-state index contributed by atoms with van der Waals surface area (Å²) in [5.41, 5.74) is 0.272. The quantitative estimate of drug-likeness (QED) is 0.921. The van der Waals surface area contributed by atoms with Crippen LogP contribution in [0.4, 0.5) is 4.39 Å². The van der Waals surface area contributed by atoms with Crippen molar-refractivity contribution in [3.8, 4) is 0 Å². The molecule has 2 aromatic rings. The first-order chi connectivity index (χ1) is 8.43. The zero-order valence-electron chi connectivity index (χ0n) is 10.2.